The molecule has 0 unspecified atom stereocenters. The Morgan fingerprint density at radius 3 is 2.83 bits per heavy atom. The first kappa shape index (κ1) is 13.9. The third-order valence-electron chi connectivity index (χ3n) is 2.55. The predicted octanol–water partition coefficient (Wildman–Crippen LogP) is 3.62. The Hall–Kier alpha value is -0.530. The second kappa shape index (κ2) is 6.08. The topological polar surface area (TPSA) is 37.8 Å². The largest absolute Gasteiger partial charge is 0.308 e. The zero-order valence-corrected chi connectivity index (χ0v) is 13.7. The summed E-state index contributed by atoms with van der Waals surface area (Å²) < 4.78 is 1.26. The summed E-state index contributed by atoms with van der Waals surface area (Å²) >= 11 is 4.03. The molecule has 2 aromatic rings. The summed E-state index contributed by atoms with van der Waals surface area (Å²) in [7, 11) is 0. The molecule has 5 heteroatoms. The molecule has 0 aliphatic heterocycles. The van der Waals surface area contributed by atoms with Gasteiger partial charge in [-0.2, -0.15) is 0 Å². The number of halogens is 1. The lowest BCUT2D eigenvalue weighted by Gasteiger charge is -2.04. The molecule has 0 radical (unpaired) electrons. The molecule has 1 heterocycles. The normalized spacial score (nSPS) is 11.2. The molecular formula is C13H16IN3S. The van der Waals surface area contributed by atoms with E-state index in [-0.39, 0.29) is 0 Å². The van der Waals surface area contributed by atoms with Crippen LogP contribution >= 0.6 is 33.9 Å². The van der Waals surface area contributed by atoms with Crippen molar-refractivity contribution in [2.75, 3.05) is 0 Å². The van der Waals surface area contributed by atoms with Crippen LogP contribution in [0.4, 0.5) is 0 Å². The molecule has 0 saturated carbocycles. The molecule has 0 amide bonds. The fourth-order valence-electron chi connectivity index (χ4n) is 1.54. The van der Waals surface area contributed by atoms with Gasteiger partial charge in [-0.15, -0.1) is 10.2 Å². The number of nitrogens with zero attached hydrogens (tertiary/aromatic N) is 2. The van der Waals surface area contributed by atoms with Crippen molar-refractivity contribution in [1.29, 1.82) is 0 Å². The number of nitrogens with one attached hydrogen (secondary N) is 1. The van der Waals surface area contributed by atoms with E-state index in [0.717, 1.165) is 16.6 Å². The first-order valence-corrected chi connectivity index (χ1v) is 7.78. The summed E-state index contributed by atoms with van der Waals surface area (Å²) in [5.41, 5.74) is 2.47. The maximum atomic E-state index is 4.29. The van der Waals surface area contributed by atoms with Crippen LogP contribution in [0.25, 0.3) is 10.6 Å². The summed E-state index contributed by atoms with van der Waals surface area (Å²) in [6.45, 7) is 7.17. The van der Waals surface area contributed by atoms with Crippen LogP contribution in [0, 0.1) is 10.5 Å². The zero-order chi connectivity index (χ0) is 13.1. The minimum atomic E-state index is 0.469. The van der Waals surface area contributed by atoms with Gasteiger partial charge >= 0.3 is 0 Å². The summed E-state index contributed by atoms with van der Waals surface area (Å²) in [5.74, 6) is 0. The van der Waals surface area contributed by atoms with Gasteiger partial charge in [0.05, 0.1) is 0 Å². The summed E-state index contributed by atoms with van der Waals surface area (Å²) in [6, 6.07) is 6.76. The summed E-state index contributed by atoms with van der Waals surface area (Å²) in [5, 5.41) is 13.9. The van der Waals surface area contributed by atoms with Gasteiger partial charge in [-0.25, -0.2) is 0 Å². The van der Waals surface area contributed by atoms with Crippen molar-refractivity contribution >= 4 is 33.9 Å². The van der Waals surface area contributed by atoms with Crippen LogP contribution in [0.2, 0.25) is 0 Å². The average Bonchev–Trinajstić information content (AvgIpc) is 2.78. The quantitative estimate of drug-likeness (QED) is 0.832. The molecule has 2 rings (SSSR count). The molecule has 0 saturated heterocycles. The Labute approximate surface area is 125 Å². The van der Waals surface area contributed by atoms with Crippen LogP contribution in [0.3, 0.4) is 0 Å². The van der Waals surface area contributed by atoms with E-state index in [1.54, 1.807) is 11.3 Å². The van der Waals surface area contributed by atoms with Crippen molar-refractivity contribution in [1.82, 2.24) is 15.5 Å². The van der Waals surface area contributed by atoms with Crippen molar-refractivity contribution in [3.63, 3.8) is 0 Å². The van der Waals surface area contributed by atoms with Crippen LogP contribution in [-0.2, 0) is 6.54 Å². The van der Waals surface area contributed by atoms with E-state index in [0.29, 0.717) is 6.04 Å². The Morgan fingerprint density at radius 1 is 1.33 bits per heavy atom. The Bertz CT molecular complexity index is 537. The standard InChI is InChI=1S/C13H16IN3S/c1-8(2)15-7-11-16-17-13(18-11)10-6-4-5-9(3)12(10)14/h4-6,8,15H,7H2,1-3H3. The maximum absolute atomic E-state index is 4.29. The molecule has 1 aromatic carbocycles. The van der Waals surface area contributed by atoms with Crippen molar-refractivity contribution in [3.05, 3.63) is 32.3 Å². The fourth-order valence-corrected chi connectivity index (χ4v) is 3.16. The number of hydrogen-bond donors (Lipinski definition) is 1. The van der Waals surface area contributed by atoms with E-state index in [4.69, 9.17) is 0 Å². The molecule has 0 atom stereocenters. The highest BCUT2D eigenvalue weighted by atomic mass is 127. The Morgan fingerprint density at radius 2 is 2.11 bits per heavy atom. The van der Waals surface area contributed by atoms with Gasteiger partial charge < -0.3 is 5.32 Å². The number of benzene rings is 1. The first-order valence-electron chi connectivity index (χ1n) is 5.89. The minimum Gasteiger partial charge on any atom is -0.308 e. The van der Waals surface area contributed by atoms with E-state index >= 15 is 0 Å². The highest BCUT2D eigenvalue weighted by molar-refractivity contribution is 14.1. The van der Waals surface area contributed by atoms with Crippen molar-refractivity contribution in [2.24, 2.45) is 0 Å². The highest BCUT2D eigenvalue weighted by Crippen LogP contribution is 2.29. The smallest absolute Gasteiger partial charge is 0.148 e. The first-order chi connectivity index (χ1) is 8.58. The van der Waals surface area contributed by atoms with E-state index in [1.807, 2.05) is 0 Å². The number of aryl methyl sites for hydroxylation is 1. The molecule has 0 aliphatic rings. The van der Waals surface area contributed by atoms with E-state index in [9.17, 15) is 0 Å². The van der Waals surface area contributed by atoms with E-state index in [1.165, 1.54) is 14.7 Å². The second-order valence-corrected chi connectivity index (χ2v) is 6.61. The molecule has 18 heavy (non-hydrogen) atoms. The van der Waals surface area contributed by atoms with Gasteiger partial charge in [-0.1, -0.05) is 43.4 Å². The lowest BCUT2D eigenvalue weighted by molar-refractivity contribution is 0.585. The molecule has 0 spiro atoms. The van der Waals surface area contributed by atoms with Gasteiger partial charge in [0.1, 0.15) is 10.0 Å². The zero-order valence-electron chi connectivity index (χ0n) is 10.7. The molecule has 0 bridgehead atoms. The van der Waals surface area contributed by atoms with Crippen molar-refractivity contribution in [3.8, 4) is 10.6 Å². The van der Waals surface area contributed by atoms with Gasteiger partial charge in [0.2, 0.25) is 0 Å². The lowest BCUT2D eigenvalue weighted by atomic mass is 10.1. The minimum absolute atomic E-state index is 0.469. The van der Waals surface area contributed by atoms with Gasteiger partial charge in [0.15, 0.2) is 0 Å². The van der Waals surface area contributed by atoms with E-state index in [2.05, 4.69) is 77.1 Å². The molecule has 0 fully saturated rings. The third kappa shape index (κ3) is 3.27. The summed E-state index contributed by atoms with van der Waals surface area (Å²) in [6.07, 6.45) is 0. The molecule has 0 aliphatic carbocycles. The van der Waals surface area contributed by atoms with Gasteiger partial charge in [-0.05, 0) is 35.1 Å². The van der Waals surface area contributed by atoms with Crippen LogP contribution in [-0.4, -0.2) is 16.2 Å². The molecular weight excluding hydrogens is 357 g/mol. The monoisotopic (exact) mass is 373 g/mol. The molecule has 3 nitrogen and oxygen atoms in total. The number of hydrogen-bond acceptors (Lipinski definition) is 4. The predicted molar refractivity (Wildman–Crippen MR) is 84.8 cm³/mol. The highest BCUT2D eigenvalue weighted by Gasteiger charge is 2.10. The lowest BCUT2D eigenvalue weighted by Crippen LogP contribution is -2.21. The Balaban J connectivity index is 2.21. The number of rotatable bonds is 4. The van der Waals surface area contributed by atoms with Gasteiger partial charge in [-0.3, -0.25) is 0 Å². The van der Waals surface area contributed by atoms with Gasteiger partial charge in [0.25, 0.3) is 0 Å². The maximum Gasteiger partial charge on any atom is 0.148 e. The Kier molecular flexibility index (Phi) is 4.69. The van der Waals surface area contributed by atoms with Crippen LogP contribution < -0.4 is 5.32 Å². The fraction of sp³-hybridized carbons (Fsp3) is 0.385. The average molecular weight is 373 g/mol. The van der Waals surface area contributed by atoms with Gasteiger partial charge in [0, 0.05) is 21.7 Å². The van der Waals surface area contributed by atoms with Crippen LogP contribution in [0.15, 0.2) is 18.2 Å². The second-order valence-electron chi connectivity index (χ2n) is 4.47. The number of aromatic nitrogens is 2. The SMILES string of the molecule is Cc1cccc(-c2nnc(CNC(C)C)s2)c1I. The van der Waals surface area contributed by atoms with E-state index < -0.39 is 0 Å². The van der Waals surface area contributed by atoms with Crippen LogP contribution in [0.5, 0.6) is 0 Å². The van der Waals surface area contributed by atoms with Crippen molar-refractivity contribution in [2.45, 2.75) is 33.4 Å². The third-order valence-corrected chi connectivity index (χ3v) is 4.94. The molecule has 1 aromatic heterocycles. The molecule has 96 valence electrons. The molecule has 1 N–H and O–H groups in total. The summed E-state index contributed by atoms with van der Waals surface area (Å²) in [4.78, 5) is 0. The van der Waals surface area contributed by atoms with Crippen LogP contribution in [0.1, 0.15) is 24.4 Å². The van der Waals surface area contributed by atoms with Crippen molar-refractivity contribution < 1.29 is 0 Å².